The van der Waals surface area contributed by atoms with E-state index in [1.54, 1.807) is 0 Å². The van der Waals surface area contributed by atoms with Crippen molar-refractivity contribution >= 4 is 0 Å². The first-order valence-corrected chi connectivity index (χ1v) is 5.08. The summed E-state index contributed by atoms with van der Waals surface area (Å²) in [5.41, 5.74) is 0. The molecule has 0 N–H and O–H groups in total. The van der Waals surface area contributed by atoms with Crippen LogP contribution in [0.4, 0.5) is 4.39 Å². The van der Waals surface area contributed by atoms with Crippen LogP contribution in [0, 0.1) is 6.07 Å². The Bertz CT molecular complexity index is 223. The Hall–Kier alpha value is -1.05. The summed E-state index contributed by atoms with van der Waals surface area (Å²) in [5.74, 6) is 0.884. The predicted octanol–water partition coefficient (Wildman–Crippen LogP) is 3.40. The van der Waals surface area contributed by atoms with Crippen molar-refractivity contribution in [3.8, 4) is 5.75 Å². The number of unbranched alkanes of at least 4 members (excludes halogenated alkanes) is 3. The maximum atomic E-state index is 11.7. The van der Waals surface area contributed by atoms with Gasteiger partial charge in [-0.25, -0.2) is 0 Å². The van der Waals surface area contributed by atoms with Crippen LogP contribution in [0.2, 0.25) is 0 Å². The molecule has 0 heterocycles. The van der Waals surface area contributed by atoms with Gasteiger partial charge in [0.15, 0.2) is 0 Å². The van der Waals surface area contributed by atoms with E-state index < -0.39 is 0 Å². The van der Waals surface area contributed by atoms with E-state index in [4.69, 9.17) is 4.74 Å². The molecule has 1 nitrogen and oxygen atoms in total. The molecule has 0 spiro atoms. The molecule has 77 valence electrons. The summed E-state index contributed by atoms with van der Waals surface area (Å²) in [6.07, 6.45) is 3.68. The van der Waals surface area contributed by atoms with Gasteiger partial charge in [-0.3, -0.25) is 4.39 Å². The number of alkyl halides is 1. The predicted molar refractivity (Wildman–Crippen MR) is 55.2 cm³/mol. The topological polar surface area (TPSA) is 9.23 Å². The van der Waals surface area contributed by atoms with Crippen LogP contribution in [0.1, 0.15) is 25.7 Å². The van der Waals surface area contributed by atoms with Crippen molar-refractivity contribution in [3.63, 3.8) is 0 Å². The van der Waals surface area contributed by atoms with Gasteiger partial charge in [-0.2, -0.15) is 0 Å². The van der Waals surface area contributed by atoms with Gasteiger partial charge in [0.05, 0.1) is 13.3 Å². The van der Waals surface area contributed by atoms with Crippen molar-refractivity contribution in [1.29, 1.82) is 0 Å². The van der Waals surface area contributed by atoms with Crippen LogP contribution < -0.4 is 4.74 Å². The molecule has 0 aliphatic carbocycles. The number of benzene rings is 1. The fourth-order valence-electron chi connectivity index (χ4n) is 1.21. The summed E-state index contributed by atoms with van der Waals surface area (Å²) in [7, 11) is 0. The van der Waals surface area contributed by atoms with E-state index in [9.17, 15) is 4.39 Å². The highest BCUT2D eigenvalue weighted by Gasteiger charge is 1.92. The van der Waals surface area contributed by atoms with Crippen molar-refractivity contribution < 1.29 is 9.13 Å². The van der Waals surface area contributed by atoms with Crippen LogP contribution in [-0.2, 0) is 0 Å². The van der Waals surface area contributed by atoms with Gasteiger partial charge in [-0.15, -0.1) is 0 Å². The summed E-state index contributed by atoms with van der Waals surface area (Å²) in [5, 5.41) is 0. The molecule has 0 bridgehead atoms. The summed E-state index contributed by atoms with van der Waals surface area (Å²) in [4.78, 5) is 0. The second kappa shape index (κ2) is 7.36. The summed E-state index contributed by atoms with van der Waals surface area (Å²) in [6.45, 7) is 0.520. The minimum atomic E-state index is -0.199. The highest BCUT2D eigenvalue weighted by Crippen LogP contribution is 2.09. The van der Waals surface area contributed by atoms with Crippen LogP contribution in [0.3, 0.4) is 0 Å². The lowest BCUT2D eigenvalue weighted by Crippen LogP contribution is -1.96. The molecular weight excluding hydrogens is 179 g/mol. The van der Waals surface area contributed by atoms with Crippen molar-refractivity contribution in [2.75, 3.05) is 13.3 Å². The monoisotopic (exact) mass is 195 g/mol. The van der Waals surface area contributed by atoms with Crippen LogP contribution in [-0.4, -0.2) is 13.3 Å². The van der Waals surface area contributed by atoms with Gasteiger partial charge < -0.3 is 4.74 Å². The SMILES string of the molecule is FCCCCCCOc1cc[c]cc1. The number of halogens is 1. The molecule has 0 saturated heterocycles. The van der Waals surface area contributed by atoms with Crippen molar-refractivity contribution in [2.45, 2.75) is 25.7 Å². The Morgan fingerprint density at radius 3 is 2.50 bits per heavy atom. The maximum absolute atomic E-state index is 11.7. The smallest absolute Gasteiger partial charge is 0.119 e. The van der Waals surface area contributed by atoms with Crippen LogP contribution in [0.15, 0.2) is 24.3 Å². The standard InChI is InChI=1S/C12H16FO/c13-10-6-1-2-7-11-14-12-8-4-3-5-9-12/h4-5,8-9H,1-2,6-7,10-11H2. The Labute approximate surface area is 84.9 Å². The van der Waals surface area contributed by atoms with Crippen LogP contribution in [0.5, 0.6) is 5.75 Å². The molecule has 0 aliphatic rings. The third kappa shape index (κ3) is 4.85. The minimum absolute atomic E-state index is 0.199. The van der Waals surface area contributed by atoms with E-state index in [1.807, 2.05) is 24.3 Å². The fourth-order valence-corrected chi connectivity index (χ4v) is 1.21. The minimum Gasteiger partial charge on any atom is -0.494 e. The van der Waals surface area contributed by atoms with Gasteiger partial charge in [0.2, 0.25) is 0 Å². The van der Waals surface area contributed by atoms with Crippen LogP contribution >= 0.6 is 0 Å². The first-order valence-electron chi connectivity index (χ1n) is 5.08. The lowest BCUT2D eigenvalue weighted by molar-refractivity contribution is 0.303. The molecule has 0 atom stereocenters. The van der Waals surface area contributed by atoms with E-state index in [0.717, 1.165) is 31.6 Å². The Morgan fingerprint density at radius 1 is 1.07 bits per heavy atom. The average molecular weight is 195 g/mol. The molecule has 14 heavy (non-hydrogen) atoms. The molecule has 0 aromatic heterocycles. The number of hydrogen-bond donors (Lipinski definition) is 0. The van der Waals surface area contributed by atoms with E-state index in [2.05, 4.69) is 6.07 Å². The first-order chi connectivity index (χ1) is 6.93. The zero-order valence-electron chi connectivity index (χ0n) is 8.34. The molecule has 0 unspecified atom stereocenters. The largest absolute Gasteiger partial charge is 0.494 e. The highest BCUT2D eigenvalue weighted by molar-refractivity contribution is 5.20. The van der Waals surface area contributed by atoms with E-state index >= 15 is 0 Å². The molecule has 2 heteroatoms. The fraction of sp³-hybridized carbons (Fsp3) is 0.500. The quantitative estimate of drug-likeness (QED) is 0.606. The molecule has 0 aliphatic heterocycles. The molecule has 0 saturated carbocycles. The Kier molecular flexibility index (Phi) is 5.80. The molecule has 1 radical (unpaired) electrons. The summed E-state index contributed by atoms with van der Waals surface area (Å²) >= 11 is 0. The molecule has 1 rings (SSSR count). The van der Waals surface area contributed by atoms with Gasteiger partial charge in [-0.1, -0.05) is 18.6 Å². The van der Waals surface area contributed by atoms with Gasteiger partial charge in [0, 0.05) is 0 Å². The maximum Gasteiger partial charge on any atom is 0.119 e. The highest BCUT2D eigenvalue weighted by atomic mass is 19.1. The molecule has 0 fully saturated rings. The van der Waals surface area contributed by atoms with Gasteiger partial charge >= 0.3 is 0 Å². The average Bonchev–Trinajstić information content (AvgIpc) is 2.25. The Morgan fingerprint density at radius 2 is 1.79 bits per heavy atom. The summed E-state index contributed by atoms with van der Waals surface area (Å²) < 4.78 is 17.2. The van der Waals surface area contributed by atoms with Crippen molar-refractivity contribution in [1.82, 2.24) is 0 Å². The zero-order valence-corrected chi connectivity index (χ0v) is 8.34. The van der Waals surface area contributed by atoms with Crippen molar-refractivity contribution in [3.05, 3.63) is 30.3 Å². The van der Waals surface area contributed by atoms with E-state index in [-0.39, 0.29) is 6.67 Å². The van der Waals surface area contributed by atoms with Gasteiger partial charge in [-0.05, 0) is 37.5 Å². The van der Waals surface area contributed by atoms with Crippen molar-refractivity contribution in [2.24, 2.45) is 0 Å². The van der Waals surface area contributed by atoms with E-state index in [0.29, 0.717) is 6.42 Å². The molecule has 0 amide bonds. The lowest BCUT2D eigenvalue weighted by atomic mass is 10.2. The third-order valence-electron chi connectivity index (χ3n) is 1.98. The normalized spacial score (nSPS) is 10.1. The number of hydrogen-bond acceptors (Lipinski definition) is 1. The first kappa shape index (κ1) is 11.0. The molecule has 1 aromatic carbocycles. The number of rotatable bonds is 7. The zero-order chi connectivity index (χ0) is 10.1. The van der Waals surface area contributed by atoms with Crippen LogP contribution in [0.25, 0.3) is 0 Å². The third-order valence-corrected chi connectivity index (χ3v) is 1.98. The second-order valence-corrected chi connectivity index (χ2v) is 3.19. The van der Waals surface area contributed by atoms with E-state index in [1.165, 1.54) is 0 Å². The summed E-state index contributed by atoms with van der Waals surface area (Å²) in [6, 6.07) is 10.4. The Balaban J connectivity index is 1.99. The molecular formula is C12H16FO. The van der Waals surface area contributed by atoms with Gasteiger partial charge in [0.1, 0.15) is 5.75 Å². The number of ether oxygens (including phenoxy) is 1. The molecule has 1 aromatic rings. The second-order valence-electron chi connectivity index (χ2n) is 3.19. The lowest BCUT2D eigenvalue weighted by Gasteiger charge is -2.04. The van der Waals surface area contributed by atoms with Gasteiger partial charge in [0.25, 0.3) is 0 Å².